The summed E-state index contributed by atoms with van der Waals surface area (Å²) in [6, 6.07) is 11.1. The lowest BCUT2D eigenvalue weighted by atomic mass is 10.1. The average Bonchev–Trinajstić information content (AvgIpc) is 2.93. The smallest absolute Gasteiger partial charge is 0.258 e. The zero-order valence-corrected chi connectivity index (χ0v) is 15.7. The van der Waals surface area contributed by atoms with E-state index in [0.29, 0.717) is 43.9 Å². The van der Waals surface area contributed by atoms with Gasteiger partial charge in [-0.25, -0.2) is 4.39 Å². The normalized spacial score (nSPS) is 14.6. The Hall–Kier alpha value is -2.60. The van der Waals surface area contributed by atoms with Gasteiger partial charge in [-0.05, 0) is 42.8 Å². The highest BCUT2D eigenvalue weighted by molar-refractivity contribution is 6.33. The number of ether oxygens (including phenoxy) is 1. The van der Waals surface area contributed by atoms with Crippen LogP contribution in [0.15, 0.2) is 42.5 Å². The quantitative estimate of drug-likeness (QED) is 0.806. The molecule has 3 rings (SSSR count). The molecule has 2 amide bonds. The number of hydrogen-bond donors (Lipinski definition) is 0. The molecule has 0 aromatic heterocycles. The lowest BCUT2D eigenvalue weighted by Gasteiger charge is -2.23. The van der Waals surface area contributed by atoms with Crippen molar-refractivity contribution < 1.29 is 18.7 Å². The molecule has 1 fully saturated rings. The van der Waals surface area contributed by atoms with Crippen molar-refractivity contribution in [3.63, 3.8) is 0 Å². The maximum atomic E-state index is 14.0. The van der Waals surface area contributed by atoms with E-state index >= 15 is 0 Å². The SMILES string of the molecule is COc1ccc(C(=O)N2CCCN(C(=O)c3c(F)cccc3Cl)CC2)cc1. The summed E-state index contributed by atoms with van der Waals surface area (Å²) in [6.45, 7) is 1.67. The lowest BCUT2D eigenvalue weighted by Crippen LogP contribution is -2.37. The second-order valence-electron chi connectivity index (χ2n) is 6.26. The van der Waals surface area contributed by atoms with E-state index in [0.717, 1.165) is 0 Å². The Bertz CT molecular complexity index is 821. The first-order valence-corrected chi connectivity index (χ1v) is 9.05. The van der Waals surface area contributed by atoms with Gasteiger partial charge < -0.3 is 14.5 Å². The Labute approximate surface area is 162 Å². The molecule has 5 nitrogen and oxygen atoms in total. The van der Waals surface area contributed by atoms with Gasteiger partial charge in [0.15, 0.2) is 0 Å². The fourth-order valence-electron chi connectivity index (χ4n) is 3.10. The van der Waals surface area contributed by atoms with Crippen LogP contribution in [0.4, 0.5) is 4.39 Å². The van der Waals surface area contributed by atoms with Crippen molar-refractivity contribution in [2.45, 2.75) is 6.42 Å². The van der Waals surface area contributed by atoms with E-state index in [1.807, 2.05) is 0 Å². The summed E-state index contributed by atoms with van der Waals surface area (Å²) in [5, 5.41) is 0.0930. The van der Waals surface area contributed by atoms with E-state index < -0.39 is 11.7 Å². The third kappa shape index (κ3) is 4.22. The van der Waals surface area contributed by atoms with E-state index in [2.05, 4.69) is 0 Å². The molecular formula is C20H20ClFN2O3. The maximum absolute atomic E-state index is 14.0. The van der Waals surface area contributed by atoms with Gasteiger partial charge in [0.1, 0.15) is 11.6 Å². The molecule has 0 spiro atoms. The standard InChI is InChI=1S/C20H20ClFN2O3/c1-27-15-8-6-14(7-9-15)19(25)23-10-3-11-24(13-12-23)20(26)18-16(21)4-2-5-17(18)22/h2,4-9H,3,10-13H2,1H3. The summed E-state index contributed by atoms with van der Waals surface area (Å²) in [5.74, 6) is -0.503. The Morgan fingerprint density at radius 1 is 0.963 bits per heavy atom. The number of amides is 2. The van der Waals surface area contributed by atoms with Gasteiger partial charge in [0, 0.05) is 31.7 Å². The van der Waals surface area contributed by atoms with E-state index in [-0.39, 0.29) is 16.5 Å². The maximum Gasteiger partial charge on any atom is 0.258 e. The monoisotopic (exact) mass is 390 g/mol. The highest BCUT2D eigenvalue weighted by atomic mass is 35.5. The molecular weight excluding hydrogens is 371 g/mol. The first-order chi connectivity index (χ1) is 13.0. The van der Waals surface area contributed by atoms with E-state index in [1.54, 1.807) is 41.2 Å². The number of halogens is 2. The van der Waals surface area contributed by atoms with Crippen molar-refractivity contribution in [3.05, 3.63) is 64.4 Å². The molecule has 142 valence electrons. The van der Waals surface area contributed by atoms with Crippen LogP contribution in [0, 0.1) is 5.82 Å². The predicted molar refractivity (Wildman–Crippen MR) is 101 cm³/mol. The Morgan fingerprint density at radius 2 is 1.59 bits per heavy atom. The van der Waals surface area contributed by atoms with E-state index in [4.69, 9.17) is 16.3 Å². The Morgan fingerprint density at radius 3 is 2.19 bits per heavy atom. The van der Waals surface area contributed by atoms with Gasteiger partial charge in [-0.3, -0.25) is 9.59 Å². The van der Waals surface area contributed by atoms with E-state index in [9.17, 15) is 14.0 Å². The molecule has 1 saturated heterocycles. The van der Waals surface area contributed by atoms with Gasteiger partial charge in [0.25, 0.3) is 11.8 Å². The number of nitrogens with zero attached hydrogens (tertiary/aromatic N) is 2. The minimum Gasteiger partial charge on any atom is -0.497 e. The van der Waals surface area contributed by atoms with E-state index in [1.165, 1.54) is 18.2 Å². The third-order valence-corrected chi connectivity index (χ3v) is 4.90. The zero-order chi connectivity index (χ0) is 19.4. The van der Waals surface area contributed by atoms with Crippen LogP contribution < -0.4 is 4.74 Å². The highest BCUT2D eigenvalue weighted by Gasteiger charge is 2.26. The van der Waals surface area contributed by atoms with Crippen LogP contribution in [0.5, 0.6) is 5.75 Å². The fourth-order valence-corrected chi connectivity index (χ4v) is 3.34. The largest absolute Gasteiger partial charge is 0.497 e. The summed E-state index contributed by atoms with van der Waals surface area (Å²) in [6.07, 6.45) is 0.611. The van der Waals surface area contributed by atoms with Crippen LogP contribution in [0.1, 0.15) is 27.1 Å². The molecule has 0 atom stereocenters. The van der Waals surface area contributed by atoms with Crippen LogP contribution >= 0.6 is 11.6 Å². The van der Waals surface area contributed by atoms with Crippen LogP contribution in [0.3, 0.4) is 0 Å². The topological polar surface area (TPSA) is 49.9 Å². The molecule has 2 aromatic carbocycles. The van der Waals surface area contributed by atoms with Crippen molar-refractivity contribution >= 4 is 23.4 Å². The summed E-state index contributed by atoms with van der Waals surface area (Å²) >= 11 is 6.01. The van der Waals surface area contributed by atoms with Crippen LogP contribution in [-0.4, -0.2) is 54.9 Å². The predicted octanol–water partition coefficient (Wildman–Crippen LogP) is 3.48. The molecule has 0 unspecified atom stereocenters. The lowest BCUT2D eigenvalue weighted by molar-refractivity contribution is 0.0716. The number of methoxy groups -OCH3 is 1. The highest BCUT2D eigenvalue weighted by Crippen LogP contribution is 2.22. The van der Waals surface area contributed by atoms with Gasteiger partial charge >= 0.3 is 0 Å². The third-order valence-electron chi connectivity index (χ3n) is 4.58. The van der Waals surface area contributed by atoms with Gasteiger partial charge in [-0.2, -0.15) is 0 Å². The summed E-state index contributed by atoms with van der Waals surface area (Å²) in [7, 11) is 1.57. The van der Waals surface area contributed by atoms with Gasteiger partial charge in [-0.15, -0.1) is 0 Å². The molecule has 0 bridgehead atoms. The van der Waals surface area contributed by atoms with Crippen molar-refractivity contribution in [2.75, 3.05) is 33.3 Å². The van der Waals surface area contributed by atoms with Crippen molar-refractivity contribution in [1.29, 1.82) is 0 Å². The van der Waals surface area contributed by atoms with Gasteiger partial charge in [-0.1, -0.05) is 17.7 Å². The van der Waals surface area contributed by atoms with Crippen LogP contribution in [0.2, 0.25) is 5.02 Å². The summed E-state index contributed by atoms with van der Waals surface area (Å²) < 4.78 is 19.1. The van der Waals surface area contributed by atoms with Gasteiger partial charge in [0.2, 0.25) is 0 Å². The van der Waals surface area contributed by atoms with Crippen molar-refractivity contribution in [2.24, 2.45) is 0 Å². The number of rotatable bonds is 3. The number of benzene rings is 2. The molecule has 0 saturated carbocycles. The molecule has 1 aliphatic rings. The molecule has 7 heteroatoms. The minimum atomic E-state index is -0.636. The molecule has 1 heterocycles. The first-order valence-electron chi connectivity index (χ1n) is 8.68. The Kier molecular flexibility index (Phi) is 5.96. The summed E-state index contributed by atoms with van der Waals surface area (Å²) in [5.41, 5.74) is 0.446. The molecule has 0 aliphatic carbocycles. The minimum absolute atomic E-state index is 0.0930. The molecule has 27 heavy (non-hydrogen) atoms. The summed E-state index contributed by atoms with van der Waals surface area (Å²) in [4.78, 5) is 28.7. The number of hydrogen-bond acceptors (Lipinski definition) is 3. The van der Waals surface area contributed by atoms with Crippen LogP contribution in [-0.2, 0) is 0 Å². The zero-order valence-electron chi connectivity index (χ0n) is 15.0. The van der Waals surface area contributed by atoms with Crippen molar-refractivity contribution in [3.8, 4) is 5.75 Å². The fraction of sp³-hybridized carbons (Fsp3) is 0.300. The Balaban J connectivity index is 1.69. The number of carbonyl (C=O) groups is 2. The molecule has 0 N–H and O–H groups in total. The second kappa shape index (κ2) is 8.39. The van der Waals surface area contributed by atoms with Crippen LogP contribution in [0.25, 0.3) is 0 Å². The molecule has 0 radical (unpaired) electrons. The first kappa shape index (κ1) is 19.2. The number of carbonyl (C=O) groups excluding carboxylic acids is 2. The van der Waals surface area contributed by atoms with Crippen molar-refractivity contribution in [1.82, 2.24) is 9.80 Å². The molecule has 2 aromatic rings. The van der Waals surface area contributed by atoms with Gasteiger partial charge in [0.05, 0.1) is 17.7 Å². The molecule has 1 aliphatic heterocycles. The average molecular weight is 391 g/mol. The second-order valence-corrected chi connectivity index (χ2v) is 6.67.